The van der Waals surface area contributed by atoms with Crippen molar-refractivity contribution < 1.29 is 9.53 Å². The molecule has 1 rings (SSSR count). The summed E-state index contributed by atoms with van der Waals surface area (Å²) in [7, 11) is 0. The number of aryl methyl sites for hydroxylation is 1. The predicted octanol–water partition coefficient (Wildman–Crippen LogP) is 2.95. The molecular weight excluding hydrogens is 457 g/mol. The number of aliphatic imine (C=N–C) groups is 1. The molecule has 0 aromatic carbocycles. The molecule has 1 heterocycles. The molecule has 0 saturated carbocycles. The third kappa shape index (κ3) is 13.4. The Morgan fingerprint density at radius 3 is 2.74 bits per heavy atom. The summed E-state index contributed by atoms with van der Waals surface area (Å²) in [6, 6.07) is 5.55. The smallest absolute Gasteiger partial charge is 0.227 e. The number of hydrogen-bond donors (Lipinski definition) is 3. The monoisotopic (exact) mass is 491 g/mol. The average Bonchev–Trinajstić information content (AvgIpc) is 2.57. The van der Waals surface area contributed by atoms with Crippen LogP contribution in [0.3, 0.4) is 0 Å². The van der Waals surface area contributed by atoms with Gasteiger partial charge in [0, 0.05) is 45.0 Å². The Balaban J connectivity index is 0.00000676. The number of halogens is 1. The van der Waals surface area contributed by atoms with Gasteiger partial charge in [-0.05, 0) is 38.3 Å². The number of amides is 1. The van der Waals surface area contributed by atoms with Crippen LogP contribution in [-0.4, -0.2) is 49.7 Å². The molecule has 0 bridgehead atoms. The summed E-state index contributed by atoms with van der Waals surface area (Å²) in [6.45, 7) is 11.6. The minimum atomic E-state index is -0.0754. The quantitative estimate of drug-likeness (QED) is 0.192. The normalized spacial score (nSPS) is 11.1. The second-order valence-electron chi connectivity index (χ2n) is 6.47. The van der Waals surface area contributed by atoms with Crippen LogP contribution in [0.4, 0.5) is 5.82 Å². The minimum absolute atomic E-state index is 0. The molecular formula is C19H34IN5O2. The molecule has 0 unspecified atom stereocenters. The van der Waals surface area contributed by atoms with Gasteiger partial charge in [0.05, 0.1) is 0 Å². The van der Waals surface area contributed by atoms with Gasteiger partial charge >= 0.3 is 0 Å². The molecule has 1 aromatic rings. The lowest BCUT2D eigenvalue weighted by Crippen LogP contribution is -2.38. The maximum atomic E-state index is 12.0. The van der Waals surface area contributed by atoms with Crippen LogP contribution >= 0.6 is 24.0 Å². The Bertz CT molecular complexity index is 567. The van der Waals surface area contributed by atoms with Crippen molar-refractivity contribution in [3.05, 3.63) is 23.9 Å². The van der Waals surface area contributed by atoms with Gasteiger partial charge in [-0.3, -0.25) is 9.79 Å². The van der Waals surface area contributed by atoms with Crippen molar-refractivity contribution in [2.24, 2.45) is 10.9 Å². The van der Waals surface area contributed by atoms with Gasteiger partial charge in [-0.2, -0.15) is 0 Å². The molecule has 154 valence electrons. The van der Waals surface area contributed by atoms with Crippen molar-refractivity contribution in [3.8, 4) is 0 Å². The first-order valence-electron chi connectivity index (χ1n) is 9.34. The topological polar surface area (TPSA) is 87.6 Å². The molecule has 0 aliphatic rings. The molecule has 0 aliphatic heterocycles. The van der Waals surface area contributed by atoms with Crippen molar-refractivity contribution >= 4 is 41.7 Å². The van der Waals surface area contributed by atoms with Gasteiger partial charge in [0.25, 0.3) is 0 Å². The first-order chi connectivity index (χ1) is 12.5. The number of aromatic nitrogens is 1. The maximum absolute atomic E-state index is 12.0. The number of nitrogens with one attached hydrogen (secondary N) is 3. The molecule has 0 atom stereocenters. The van der Waals surface area contributed by atoms with Crippen LogP contribution in [0.5, 0.6) is 0 Å². The maximum Gasteiger partial charge on any atom is 0.227 e. The van der Waals surface area contributed by atoms with Crippen LogP contribution in [0.2, 0.25) is 0 Å². The summed E-state index contributed by atoms with van der Waals surface area (Å²) < 4.78 is 5.55. The van der Waals surface area contributed by atoms with Crippen LogP contribution in [-0.2, 0) is 9.53 Å². The zero-order chi connectivity index (χ0) is 19.2. The van der Waals surface area contributed by atoms with Gasteiger partial charge in [0.2, 0.25) is 5.91 Å². The zero-order valence-electron chi connectivity index (χ0n) is 16.9. The standard InChI is InChI=1S/C19H33N5O2.HI/c1-5-20-19(21-11-7-13-26-14-15(2)3)22-12-10-18(25)24-17-9-6-8-16(4)23-17;/h6,8-9,15H,5,7,10-14H2,1-4H3,(H2,20,21,22)(H,23,24,25);1H. The Kier molecular flexibility index (Phi) is 14.8. The molecule has 1 amide bonds. The first kappa shape index (κ1) is 25.6. The average molecular weight is 491 g/mol. The molecule has 3 N–H and O–H groups in total. The molecule has 7 nitrogen and oxygen atoms in total. The largest absolute Gasteiger partial charge is 0.381 e. The van der Waals surface area contributed by atoms with E-state index in [-0.39, 0.29) is 29.9 Å². The van der Waals surface area contributed by atoms with E-state index in [9.17, 15) is 4.79 Å². The van der Waals surface area contributed by atoms with Gasteiger partial charge in [0.15, 0.2) is 5.96 Å². The van der Waals surface area contributed by atoms with E-state index >= 15 is 0 Å². The summed E-state index contributed by atoms with van der Waals surface area (Å²) in [5.74, 6) is 1.78. The summed E-state index contributed by atoms with van der Waals surface area (Å²) in [4.78, 5) is 20.7. The molecule has 0 spiro atoms. The molecule has 0 radical (unpaired) electrons. The van der Waals surface area contributed by atoms with Crippen molar-refractivity contribution in [1.82, 2.24) is 15.6 Å². The summed E-state index contributed by atoms with van der Waals surface area (Å²) in [5.41, 5.74) is 0.875. The first-order valence-corrected chi connectivity index (χ1v) is 9.34. The van der Waals surface area contributed by atoms with Crippen molar-refractivity contribution in [3.63, 3.8) is 0 Å². The molecule has 0 aliphatic carbocycles. The molecule has 0 fully saturated rings. The number of nitrogens with zero attached hydrogens (tertiary/aromatic N) is 2. The highest BCUT2D eigenvalue weighted by Gasteiger charge is 2.04. The summed E-state index contributed by atoms with van der Waals surface area (Å²) in [6.07, 6.45) is 1.22. The van der Waals surface area contributed by atoms with E-state index in [1.807, 2.05) is 26.0 Å². The fraction of sp³-hybridized carbons (Fsp3) is 0.632. The van der Waals surface area contributed by atoms with E-state index in [1.54, 1.807) is 6.07 Å². The lowest BCUT2D eigenvalue weighted by Gasteiger charge is -2.11. The van der Waals surface area contributed by atoms with E-state index in [0.717, 1.165) is 31.2 Å². The van der Waals surface area contributed by atoms with Gasteiger partial charge in [-0.15, -0.1) is 24.0 Å². The predicted molar refractivity (Wildman–Crippen MR) is 122 cm³/mol. The fourth-order valence-corrected chi connectivity index (χ4v) is 2.13. The number of carbonyl (C=O) groups is 1. The Labute approximate surface area is 180 Å². The zero-order valence-corrected chi connectivity index (χ0v) is 19.2. The lowest BCUT2D eigenvalue weighted by molar-refractivity contribution is -0.116. The fourth-order valence-electron chi connectivity index (χ4n) is 2.13. The van der Waals surface area contributed by atoms with E-state index in [2.05, 4.69) is 39.8 Å². The third-order valence-electron chi connectivity index (χ3n) is 3.31. The van der Waals surface area contributed by atoms with Crippen LogP contribution in [0.15, 0.2) is 23.2 Å². The van der Waals surface area contributed by atoms with Crippen LogP contribution < -0.4 is 16.0 Å². The van der Waals surface area contributed by atoms with Crippen LogP contribution in [0, 0.1) is 12.8 Å². The van der Waals surface area contributed by atoms with E-state index in [0.29, 0.717) is 37.9 Å². The van der Waals surface area contributed by atoms with Crippen LogP contribution in [0.1, 0.15) is 39.3 Å². The molecule has 0 saturated heterocycles. The molecule has 1 aromatic heterocycles. The van der Waals surface area contributed by atoms with E-state index in [1.165, 1.54) is 0 Å². The lowest BCUT2D eigenvalue weighted by atomic mass is 10.2. The number of rotatable bonds is 11. The number of pyridine rings is 1. The molecule has 8 heteroatoms. The van der Waals surface area contributed by atoms with Crippen LogP contribution in [0.25, 0.3) is 0 Å². The van der Waals surface area contributed by atoms with Crippen molar-refractivity contribution in [2.45, 2.75) is 40.5 Å². The summed E-state index contributed by atoms with van der Waals surface area (Å²) >= 11 is 0. The van der Waals surface area contributed by atoms with Gasteiger partial charge in [-0.25, -0.2) is 4.98 Å². The number of carbonyl (C=O) groups excluding carboxylic acids is 1. The third-order valence-corrected chi connectivity index (χ3v) is 3.31. The SMILES string of the molecule is CCNC(=NCCCOCC(C)C)NCCC(=O)Nc1cccc(C)n1.I. The highest BCUT2D eigenvalue weighted by Crippen LogP contribution is 2.03. The minimum Gasteiger partial charge on any atom is -0.381 e. The Morgan fingerprint density at radius 2 is 2.07 bits per heavy atom. The van der Waals surface area contributed by atoms with Gasteiger partial charge in [-0.1, -0.05) is 19.9 Å². The number of anilines is 1. The van der Waals surface area contributed by atoms with E-state index in [4.69, 9.17) is 4.74 Å². The highest BCUT2D eigenvalue weighted by atomic mass is 127. The van der Waals surface area contributed by atoms with Gasteiger partial charge in [0.1, 0.15) is 5.82 Å². The van der Waals surface area contributed by atoms with Gasteiger partial charge < -0.3 is 20.7 Å². The number of ether oxygens (including phenoxy) is 1. The van der Waals surface area contributed by atoms with E-state index < -0.39 is 0 Å². The summed E-state index contributed by atoms with van der Waals surface area (Å²) in [5, 5.41) is 9.15. The van der Waals surface area contributed by atoms with Crippen molar-refractivity contribution in [2.75, 3.05) is 38.2 Å². The number of guanidine groups is 1. The highest BCUT2D eigenvalue weighted by molar-refractivity contribution is 14.0. The van der Waals surface area contributed by atoms with Crippen molar-refractivity contribution in [1.29, 1.82) is 0 Å². The second-order valence-corrected chi connectivity index (χ2v) is 6.47. The number of hydrogen-bond acceptors (Lipinski definition) is 4. The second kappa shape index (κ2) is 15.6. The Hall–Kier alpha value is -1.42. The molecule has 27 heavy (non-hydrogen) atoms. The Morgan fingerprint density at radius 1 is 1.30 bits per heavy atom.